The van der Waals surface area contributed by atoms with Crippen molar-refractivity contribution in [1.82, 2.24) is 10.2 Å². The Hall–Kier alpha value is -3.35. The number of para-hydroxylation sites is 1. The van der Waals surface area contributed by atoms with Crippen LogP contribution in [0.4, 0.5) is 5.69 Å². The van der Waals surface area contributed by atoms with E-state index in [0.717, 1.165) is 62.0 Å². The molecule has 2 aliphatic rings. The van der Waals surface area contributed by atoms with Gasteiger partial charge in [-0.2, -0.15) is 0 Å². The van der Waals surface area contributed by atoms with Crippen LogP contribution in [-0.4, -0.2) is 50.2 Å². The summed E-state index contributed by atoms with van der Waals surface area (Å²) in [6.07, 6.45) is 0.935. The number of anilines is 1. The average Bonchev–Trinajstić information content (AvgIpc) is 3.71. The fourth-order valence-electron chi connectivity index (χ4n) is 4.54. The highest BCUT2D eigenvalue weighted by atomic mass is 16.5. The Balaban J connectivity index is 1.06. The van der Waals surface area contributed by atoms with E-state index in [1.807, 2.05) is 42.5 Å². The van der Waals surface area contributed by atoms with Crippen LogP contribution in [0, 0.1) is 5.92 Å². The topological polar surface area (TPSA) is 62.8 Å². The Kier molecular flexibility index (Phi) is 7.61. The molecule has 1 aliphatic carbocycles. The molecule has 2 fully saturated rings. The molecule has 0 bridgehead atoms. The average molecular weight is 472 g/mol. The van der Waals surface area contributed by atoms with Crippen molar-refractivity contribution in [2.75, 3.05) is 44.7 Å². The van der Waals surface area contributed by atoms with Crippen LogP contribution in [0.25, 0.3) is 0 Å². The van der Waals surface area contributed by atoms with E-state index >= 15 is 0 Å². The highest BCUT2D eigenvalue weighted by Crippen LogP contribution is 2.47. The Labute approximate surface area is 207 Å². The number of carbonyl (C=O) groups is 1. The van der Waals surface area contributed by atoms with Gasteiger partial charge in [-0.05, 0) is 59.9 Å². The molecular weight excluding hydrogens is 438 g/mol. The number of nitrogens with zero attached hydrogens (tertiary/aromatic N) is 1. The summed E-state index contributed by atoms with van der Waals surface area (Å²) in [7, 11) is 0. The van der Waals surface area contributed by atoms with Crippen LogP contribution >= 0.6 is 0 Å². The van der Waals surface area contributed by atoms with Crippen LogP contribution in [0.15, 0.2) is 78.9 Å². The molecule has 1 aliphatic heterocycles. The molecule has 35 heavy (non-hydrogen) atoms. The molecule has 2 N–H and O–H groups in total. The zero-order chi connectivity index (χ0) is 23.9. The van der Waals surface area contributed by atoms with Gasteiger partial charge in [-0.25, -0.2) is 0 Å². The number of ether oxygens (including phenoxy) is 2. The Morgan fingerprint density at radius 1 is 0.943 bits per heavy atom. The molecule has 1 heterocycles. The first-order chi connectivity index (χ1) is 17.2. The lowest BCUT2D eigenvalue weighted by Gasteiger charge is -2.26. The summed E-state index contributed by atoms with van der Waals surface area (Å²) in [5.74, 6) is 2.28. The van der Waals surface area contributed by atoms with Gasteiger partial charge in [-0.3, -0.25) is 9.69 Å². The lowest BCUT2D eigenvalue weighted by Crippen LogP contribution is -2.41. The molecular formula is C29H33N3O3. The van der Waals surface area contributed by atoms with Gasteiger partial charge in [0.2, 0.25) is 5.91 Å². The van der Waals surface area contributed by atoms with Gasteiger partial charge in [-0.1, -0.05) is 42.5 Å². The second kappa shape index (κ2) is 11.4. The fraction of sp³-hybridized carbons (Fsp3) is 0.345. The minimum atomic E-state index is 0.103. The van der Waals surface area contributed by atoms with Crippen LogP contribution in [-0.2, 0) is 16.1 Å². The number of hydrogen-bond acceptors (Lipinski definition) is 5. The number of amides is 1. The highest BCUT2D eigenvalue weighted by molar-refractivity contribution is 5.82. The highest BCUT2D eigenvalue weighted by Gasteiger charge is 2.43. The third-order valence-corrected chi connectivity index (χ3v) is 6.67. The van der Waals surface area contributed by atoms with Gasteiger partial charge in [0, 0.05) is 44.3 Å². The van der Waals surface area contributed by atoms with Crippen molar-refractivity contribution in [2.24, 2.45) is 5.92 Å². The van der Waals surface area contributed by atoms with E-state index in [9.17, 15) is 4.79 Å². The second-order valence-corrected chi connectivity index (χ2v) is 9.23. The van der Waals surface area contributed by atoms with Crippen molar-refractivity contribution in [3.63, 3.8) is 0 Å². The fourth-order valence-corrected chi connectivity index (χ4v) is 4.54. The SMILES string of the molecule is O=C(NCCN1CCOCC1)[C@H]1C[C@@H]1c1ccc(NCc2cccc(Oc3ccccc3)c2)cc1. The first kappa shape index (κ1) is 23.4. The monoisotopic (exact) mass is 471 g/mol. The number of carbonyl (C=O) groups excluding carboxylic acids is 1. The van der Waals surface area contributed by atoms with E-state index in [1.54, 1.807) is 0 Å². The maximum Gasteiger partial charge on any atom is 0.223 e. The first-order valence-electron chi connectivity index (χ1n) is 12.5. The molecule has 5 rings (SSSR count). The van der Waals surface area contributed by atoms with Crippen molar-refractivity contribution in [1.29, 1.82) is 0 Å². The zero-order valence-corrected chi connectivity index (χ0v) is 20.0. The zero-order valence-electron chi connectivity index (χ0n) is 20.0. The number of hydrogen-bond donors (Lipinski definition) is 2. The van der Waals surface area contributed by atoms with Gasteiger partial charge < -0.3 is 20.1 Å². The molecule has 3 aromatic carbocycles. The molecule has 182 valence electrons. The molecule has 0 radical (unpaired) electrons. The summed E-state index contributed by atoms with van der Waals surface area (Å²) in [5.41, 5.74) is 3.45. The van der Waals surface area contributed by atoms with Crippen molar-refractivity contribution >= 4 is 11.6 Å². The number of rotatable bonds is 10. The molecule has 1 saturated heterocycles. The molecule has 0 spiro atoms. The Bertz CT molecular complexity index is 1100. The summed E-state index contributed by atoms with van der Waals surface area (Å²) in [6.45, 7) is 5.81. The van der Waals surface area contributed by atoms with E-state index in [2.05, 4.69) is 51.9 Å². The first-order valence-corrected chi connectivity index (χ1v) is 12.5. The van der Waals surface area contributed by atoms with Crippen molar-refractivity contribution in [3.8, 4) is 11.5 Å². The lowest BCUT2D eigenvalue weighted by atomic mass is 10.1. The van der Waals surface area contributed by atoms with Crippen molar-refractivity contribution in [3.05, 3.63) is 90.0 Å². The molecule has 0 unspecified atom stereocenters. The maximum absolute atomic E-state index is 12.5. The quantitative estimate of drug-likeness (QED) is 0.451. The summed E-state index contributed by atoms with van der Waals surface area (Å²) in [4.78, 5) is 14.9. The van der Waals surface area contributed by atoms with Gasteiger partial charge >= 0.3 is 0 Å². The van der Waals surface area contributed by atoms with Gasteiger partial charge in [0.05, 0.1) is 13.2 Å². The van der Waals surface area contributed by atoms with Gasteiger partial charge in [0.1, 0.15) is 11.5 Å². The van der Waals surface area contributed by atoms with Gasteiger partial charge in [0.15, 0.2) is 0 Å². The molecule has 0 aromatic heterocycles. The Morgan fingerprint density at radius 3 is 2.51 bits per heavy atom. The standard InChI is InChI=1S/C29H33N3O3/c33-29(30-13-14-32-15-17-34-18-16-32)28-20-27(28)23-9-11-24(12-10-23)31-21-22-5-4-8-26(19-22)35-25-6-2-1-3-7-25/h1-12,19,27-28,31H,13-18,20-21H2,(H,30,33)/t27-,28+/m1/s1. The third-order valence-electron chi connectivity index (χ3n) is 6.67. The second-order valence-electron chi connectivity index (χ2n) is 9.23. The molecule has 1 amide bonds. The largest absolute Gasteiger partial charge is 0.457 e. The summed E-state index contributed by atoms with van der Waals surface area (Å²) in [5, 5.41) is 6.60. The van der Waals surface area contributed by atoms with Gasteiger partial charge in [0.25, 0.3) is 0 Å². The predicted octanol–water partition coefficient (Wildman–Crippen LogP) is 4.64. The van der Waals surface area contributed by atoms with Crippen molar-refractivity contribution < 1.29 is 14.3 Å². The van der Waals surface area contributed by atoms with E-state index in [4.69, 9.17) is 9.47 Å². The number of benzene rings is 3. The molecule has 1 saturated carbocycles. The number of morpholine rings is 1. The summed E-state index contributed by atoms with van der Waals surface area (Å²) >= 11 is 0. The van der Waals surface area contributed by atoms with Crippen LogP contribution < -0.4 is 15.4 Å². The van der Waals surface area contributed by atoms with Crippen molar-refractivity contribution in [2.45, 2.75) is 18.9 Å². The van der Waals surface area contributed by atoms with Crippen LogP contribution in [0.5, 0.6) is 11.5 Å². The Morgan fingerprint density at radius 2 is 1.71 bits per heavy atom. The minimum absolute atomic E-state index is 0.103. The maximum atomic E-state index is 12.5. The molecule has 2 atom stereocenters. The van der Waals surface area contributed by atoms with Crippen LogP contribution in [0.2, 0.25) is 0 Å². The van der Waals surface area contributed by atoms with E-state index < -0.39 is 0 Å². The molecule has 6 heteroatoms. The third kappa shape index (κ3) is 6.62. The number of nitrogens with one attached hydrogen (secondary N) is 2. The lowest BCUT2D eigenvalue weighted by molar-refractivity contribution is -0.122. The van der Waals surface area contributed by atoms with Crippen LogP contribution in [0.3, 0.4) is 0 Å². The normalized spacial score (nSPS) is 19.7. The van der Waals surface area contributed by atoms with E-state index in [-0.39, 0.29) is 11.8 Å². The summed E-state index contributed by atoms with van der Waals surface area (Å²) < 4.78 is 11.3. The van der Waals surface area contributed by atoms with E-state index in [0.29, 0.717) is 19.0 Å². The van der Waals surface area contributed by atoms with E-state index in [1.165, 1.54) is 5.56 Å². The predicted molar refractivity (Wildman–Crippen MR) is 138 cm³/mol. The molecule has 6 nitrogen and oxygen atoms in total. The summed E-state index contributed by atoms with van der Waals surface area (Å²) in [6, 6.07) is 26.4. The smallest absolute Gasteiger partial charge is 0.223 e. The molecule has 3 aromatic rings. The van der Waals surface area contributed by atoms with Crippen LogP contribution in [0.1, 0.15) is 23.5 Å². The minimum Gasteiger partial charge on any atom is -0.457 e. The van der Waals surface area contributed by atoms with Gasteiger partial charge in [-0.15, -0.1) is 0 Å².